The highest BCUT2D eigenvalue weighted by atomic mass is 32.2. The topological polar surface area (TPSA) is 124 Å². The number of ether oxygens (including phenoxy) is 5. The number of hydrogen-bond acceptors (Lipinski definition) is 10. The van der Waals surface area contributed by atoms with Crippen LogP contribution in [-0.4, -0.2) is 47.9 Å². The summed E-state index contributed by atoms with van der Waals surface area (Å²) in [5.74, 6) is -0.256. The molecule has 4 rings (SSSR count). The SMILES string of the molecule is COC(=O)c1c(OC)c(-c2ccc(OCc3ccc(C)cc3)c(OS(C)(=O)=O)c2)cc(OC)c1-c1ccc(OC(C)=O)cc1. The van der Waals surface area contributed by atoms with E-state index in [0.717, 1.165) is 17.4 Å². The largest absolute Gasteiger partial charge is 0.496 e. The Hall–Kier alpha value is -5.03. The molecule has 230 valence electrons. The Bertz CT molecular complexity index is 1780. The van der Waals surface area contributed by atoms with E-state index in [-0.39, 0.29) is 29.4 Å². The van der Waals surface area contributed by atoms with E-state index in [2.05, 4.69) is 0 Å². The van der Waals surface area contributed by atoms with Gasteiger partial charge in [-0.25, -0.2) is 4.79 Å². The first-order valence-corrected chi connectivity index (χ1v) is 15.1. The summed E-state index contributed by atoms with van der Waals surface area (Å²) in [7, 11) is 0.155. The van der Waals surface area contributed by atoms with Gasteiger partial charge in [-0.15, -0.1) is 0 Å². The number of benzene rings is 4. The van der Waals surface area contributed by atoms with Gasteiger partial charge in [-0.2, -0.15) is 8.42 Å². The summed E-state index contributed by atoms with van der Waals surface area (Å²) in [5, 5.41) is 0. The molecule has 0 aliphatic heterocycles. The van der Waals surface area contributed by atoms with E-state index in [1.807, 2.05) is 31.2 Å². The minimum atomic E-state index is -3.94. The van der Waals surface area contributed by atoms with E-state index in [4.69, 9.17) is 27.9 Å². The lowest BCUT2D eigenvalue weighted by atomic mass is 9.92. The lowest BCUT2D eigenvalue weighted by Crippen LogP contribution is -2.10. The van der Waals surface area contributed by atoms with E-state index < -0.39 is 22.1 Å². The molecule has 0 aromatic heterocycles. The normalized spacial score (nSPS) is 11.0. The Kier molecular flexibility index (Phi) is 9.80. The molecule has 44 heavy (non-hydrogen) atoms. The first kappa shape index (κ1) is 31.9. The van der Waals surface area contributed by atoms with Crippen molar-refractivity contribution < 1.29 is 45.9 Å². The quantitative estimate of drug-likeness (QED) is 0.112. The van der Waals surface area contributed by atoms with Gasteiger partial charge in [0.25, 0.3) is 0 Å². The van der Waals surface area contributed by atoms with Crippen molar-refractivity contribution in [3.63, 3.8) is 0 Å². The summed E-state index contributed by atoms with van der Waals surface area (Å²) in [4.78, 5) is 24.6. The van der Waals surface area contributed by atoms with Gasteiger partial charge in [0.15, 0.2) is 11.5 Å². The zero-order valence-corrected chi connectivity index (χ0v) is 25.9. The van der Waals surface area contributed by atoms with Crippen molar-refractivity contribution in [3.05, 3.63) is 89.5 Å². The van der Waals surface area contributed by atoms with Gasteiger partial charge >= 0.3 is 22.1 Å². The molecule has 0 fully saturated rings. The molecule has 0 atom stereocenters. The molecular formula is C33H32O10S. The highest BCUT2D eigenvalue weighted by Gasteiger charge is 2.28. The van der Waals surface area contributed by atoms with Crippen LogP contribution in [0.3, 0.4) is 0 Å². The fourth-order valence-corrected chi connectivity index (χ4v) is 4.99. The predicted octanol–water partition coefficient (Wildman–Crippen LogP) is 5.98. The first-order chi connectivity index (χ1) is 20.9. The predicted molar refractivity (Wildman–Crippen MR) is 164 cm³/mol. The summed E-state index contributed by atoms with van der Waals surface area (Å²) < 4.78 is 57.4. The Morgan fingerprint density at radius 2 is 1.43 bits per heavy atom. The van der Waals surface area contributed by atoms with Crippen LogP contribution in [0.2, 0.25) is 0 Å². The molecule has 0 bridgehead atoms. The Morgan fingerprint density at radius 3 is 2.00 bits per heavy atom. The van der Waals surface area contributed by atoms with Crippen LogP contribution in [0.25, 0.3) is 22.3 Å². The highest BCUT2D eigenvalue weighted by Crippen LogP contribution is 2.47. The number of methoxy groups -OCH3 is 3. The van der Waals surface area contributed by atoms with E-state index in [1.54, 1.807) is 42.5 Å². The van der Waals surface area contributed by atoms with Gasteiger partial charge in [0.2, 0.25) is 0 Å². The molecule has 0 aliphatic rings. The molecule has 0 heterocycles. The third kappa shape index (κ3) is 7.48. The number of carbonyl (C=O) groups is 2. The number of rotatable bonds is 11. The molecule has 0 amide bonds. The zero-order chi connectivity index (χ0) is 32.0. The fourth-order valence-electron chi connectivity index (χ4n) is 4.54. The van der Waals surface area contributed by atoms with Crippen molar-refractivity contribution >= 4 is 22.1 Å². The van der Waals surface area contributed by atoms with Crippen molar-refractivity contribution in [1.29, 1.82) is 0 Å². The van der Waals surface area contributed by atoms with Gasteiger partial charge in [-0.05, 0) is 53.9 Å². The maximum atomic E-state index is 13.2. The van der Waals surface area contributed by atoms with E-state index in [9.17, 15) is 18.0 Å². The summed E-state index contributed by atoms with van der Waals surface area (Å²) in [5.41, 5.74) is 3.83. The van der Waals surface area contributed by atoms with Crippen molar-refractivity contribution in [2.45, 2.75) is 20.5 Å². The Labute approximate surface area is 256 Å². The number of carbonyl (C=O) groups excluding carboxylic acids is 2. The third-order valence-corrected chi connectivity index (χ3v) is 6.95. The minimum Gasteiger partial charge on any atom is -0.496 e. The average Bonchev–Trinajstić information content (AvgIpc) is 2.99. The lowest BCUT2D eigenvalue weighted by Gasteiger charge is -2.21. The molecule has 0 saturated carbocycles. The van der Waals surface area contributed by atoms with Crippen LogP contribution in [0.15, 0.2) is 72.8 Å². The molecule has 0 N–H and O–H groups in total. The van der Waals surface area contributed by atoms with Crippen LogP contribution in [0.4, 0.5) is 0 Å². The van der Waals surface area contributed by atoms with Crippen LogP contribution < -0.4 is 23.1 Å². The molecule has 0 unspecified atom stereocenters. The smallest absolute Gasteiger partial charge is 0.342 e. The molecular weight excluding hydrogens is 588 g/mol. The molecule has 10 nitrogen and oxygen atoms in total. The standard InChI is InChI=1S/C33H32O10S/c1-20-7-9-22(10-8-20)19-41-27-16-13-24(17-28(27)43-44(6,36)37)26-18-29(38-3)30(31(32(26)39-4)33(35)40-5)23-11-14-25(15-12-23)42-21(2)34/h7-18H,19H2,1-6H3. The molecule has 0 aliphatic carbocycles. The molecule has 4 aromatic carbocycles. The van der Waals surface area contributed by atoms with E-state index in [0.29, 0.717) is 33.8 Å². The third-order valence-electron chi connectivity index (χ3n) is 6.47. The van der Waals surface area contributed by atoms with E-state index in [1.165, 1.54) is 34.3 Å². The van der Waals surface area contributed by atoms with Crippen LogP contribution >= 0.6 is 0 Å². The monoisotopic (exact) mass is 620 g/mol. The number of hydrogen-bond donors (Lipinski definition) is 0. The number of aryl methyl sites for hydroxylation is 1. The van der Waals surface area contributed by atoms with Gasteiger partial charge < -0.3 is 27.9 Å². The maximum Gasteiger partial charge on any atom is 0.342 e. The molecule has 4 aromatic rings. The van der Waals surface area contributed by atoms with Crippen molar-refractivity contribution in [3.8, 4) is 51.0 Å². The second-order valence-corrected chi connectivity index (χ2v) is 11.3. The fraction of sp³-hybridized carbons (Fsp3) is 0.212. The Morgan fingerprint density at radius 1 is 0.773 bits per heavy atom. The molecule has 0 saturated heterocycles. The summed E-state index contributed by atoms with van der Waals surface area (Å²) >= 11 is 0. The van der Waals surface area contributed by atoms with Gasteiger partial charge in [0.1, 0.15) is 29.4 Å². The summed E-state index contributed by atoms with van der Waals surface area (Å²) in [6, 6.07) is 20.6. The second-order valence-electron chi connectivity index (χ2n) is 9.74. The van der Waals surface area contributed by atoms with Gasteiger partial charge in [0, 0.05) is 18.1 Å². The zero-order valence-electron chi connectivity index (χ0n) is 25.1. The Balaban J connectivity index is 1.87. The molecule has 11 heteroatoms. The lowest BCUT2D eigenvalue weighted by molar-refractivity contribution is -0.131. The molecule has 0 radical (unpaired) electrons. The average molecular weight is 621 g/mol. The molecule has 0 spiro atoms. The maximum absolute atomic E-state index is 13.2. The van der Waals surface area contributed by atoms with Crippen molar-refractivity contribution in [2.75, 3.05) is 27.6 Å². The van der Waals surface area contributed by atoms with Crippen molar-refractivity contribution in [1.82, 2.24) is 0 Å². The summed E-state index contributed by atoms with van der Waals surface area (Å²) in [6.07, 6.45) is 0.934. The van der Waals surface area contributed by atoms with Crippen LogP contribution in [0, 0.1) is 6.92 Å². The highest BCUT2D eigenvalue weighted by molar-refractivity contribution is 7.86. The van der Waals surface area contributed by atoms with Crippen LogP contribution in [-0.2, 0) is 26.3 Å². The van der Waals surface area contributed by atoms with Gasteiger partial charge in [-0.1, -0.05) is 48.0 Å². The van der Waals surface area contributed by atoms with Gasteiger partial charge in [0.05, 0.1) is 27.6 Å². The van der Waals surface area contributed by atoms with E-state index >= 15 is 0 Å². The minimum absolute atomic E-state index is 0.0529. The number of esters is 2. The van der Waals surface area contributed by atoms with Crippen LogP contribution in [0.5, 0.6) is 28.7 Å². The van der Waals surface area contributed by atoms with Crippen LogP contribution in [0.1, 0.15) is 28.4 Å². The van der Waals surface area contributed by atoms with Crippen molar-refractivity contribution in [2.24, 2.45) is 0 Å². The first-order valence-electron chi connectivity index (χ1n) is 13.3. The van der Waals surface area contributed by atoms with Gasteiger partial charge in [-0.3, -0.25) is 4.79 Å². The summed E-state index contributed by atoms with van der Waals surface area (Å²) in [6.45, 7) is 3.45. The second kappa shape index (κ2) is 13.5.